The molecular formula is C18H15F6N5O3S. The van der Waals surface area contributed by atoms with Gasteiger partial charge in [0, 0.05) is 19.2 Å². The van der Waals surface area contributed by atoms with Crippen LogP contribution in [0.5, 0.6) is 0 Å². The lowest BCUT2D eigenvalue weighted by molar-refractivity contribution is 0.0950. The van der Waals surface area contributed by atoms with Crippen LogP contribution in [0.2, 0.25) is 0 Å². The van der Waals surface area contributed by atoms with E-state index < -0.39 is 73.8 Å². The van der Waals surface area contributed by atoms with Crippen LogP contribution in [0.1, 0.15) is 6.42 Å². The third-order valence-corrected chi connectivity index (χ3v) is 6.53. The number of piperidine rings is 1. The molecule has 0 spiro atoms. The van der Waals surface area contributed by atoms with Gasteiger partial charge in [0.05, 0.1) is 35.9 Å². The van der Waals surface area contributed by atoms with Crippen molar-refractivity contribution < 1.29 is 39.9 Å². The lowest BCUT2D eigenvalue weighted by atomic mass is 10.0. The first-order valence-corrected chi connectivity index (χ1v) is 11.2. The van der Waals surface area contributed by atoms with Crippen molar-refractivity contribution >= 4 is 21.5 Å². The third kappa shape index (κ3) is 4.00. The van der Waals surface area contributed by atoms with Crippen molar-refractivity contribution in [2.45, 2.75) is 18.6 Å². The minimum absolute atomic E-state index is 0.0732. The van der Waals surface area contributed by atoms with Gasteiger partial charge in [0.15, 0.2) is 29.1 Å². The number of anilines is 1. The number of halogens is 6. The van der Waals surface area contributed by atoms with Crippen molar-refractivity contribution in [1.29, 1.82) is 0 Å². The highest BCUT2D eigenvalue weighted by Gasteiger charge is 2.33. The lowest BCUT2D eigenvalue weighted by Crippen LogP contribution is -2.51. The zero-order valence-electron chi connectivity index (χ0n) is 16.7. The van der Waals surface area contributed by atoms with E-state index in [1.54, 1.807) is 0 Å². The zero-order valence-corrected chi connectivity index (χ0v) is 17.5. The molecule has 0 bridgehead atoms. The van der Waals surface area contributed by atoms with Crippen LogP contribution in [0.4, 0.5) is 32.3 Å². The van der Waals surface area contributed by atoms with E-state index >= 15 is 0 Å². The van der Waals surface area contributed by atoms with Crippen LogP contribution in [0.15, 0.2) is 12.3 Å². The van der Waals surface area contributed by atoms with Crippen LogP contribution in [0.3, 0.4) is 0 Å². The summed E-state index contributed by atoms with van der Waals surface area (Å²) in [5, 5.41) is 16.8. The van der Waals surface area contributed by atoms with Crippen LogP contribution >= 0.6 is 0 Å². The molecule has 4 rings (SSSR count). The number of sulfonamides is 1. The Morgan fingerprint density at radius 3 is 2.24 bits per heavy atom. The van der Waals surface area contributed by atoms with Crippen LogP contribution in [-0.2, 0) is 10.0 Å². The number of fused-ring (bicyclic) bond motifs is 1. The SMILES string of the molecule is CS(=O)(=O)N1CC[C@@H](Nc2ncc3c(F)cc(-c4c(F)c(F)c(F)c(F)c4F)n3n2)[C@H](O)C1. The Morgan fingerprint density at radius 2 is 1.67 bits per heavy atom. The number of hydrogen-bond acceptors (Lipinski definition) is 6. The van der Waals surface area contributed by atoms with Crippen molar-refractivity contribution in [3.05, 3.63) is 47.2 Å². The summed E-state index contributed by atoms with van der Waals surface area (Å²) in [6, 6.07) is -0.190. The number of rotatable bonds is 4. The van der Waals surface area contributed by atoms with Gasteiger partial charge in [-0.25, -0.2) is 44.3 Å². The summed E-state index contributed by atoms with van der Waals surface area (Å²) in [6.45, 7) is -0.142. The van der Waals surface area contributed by atoms with Crippen LogP contribution < -0.4 is 5.32 Å². The van der Waals surface area contributed by atoms with Gasteiger partial charge in [-0.1, -0.05) is 0 Å². The second kappa shape index (κ2) is 8.14. The number of aromatic nitrogens is 3. The largest absolute Gasteiger partial charge is 0.390 e. The summed E-state index contributed by atoms with van der Waals surface area (Å²) in [6.07, 6.45) is 0.869. The molecule has 2 aromatic heterocycles. The van der Waals surface area contributed by atoms with Gasteiger partial charge in [-0.05, 0) is 6.42 Å². The maximum absolute atomic E-state index is 14.3. The van der Waals surface area contributed by atoms with E-state index in [0.29, 0.717) is 10.6 Å². The summed E-state index contributed by atoms with van der Waals surface area (Å²) in [5.41, 5.74) is -2.54. The molecule has 15 heteroatoms. The van der Waals surface area contributed by atoms with Crippen molar-refractivity contribution in [2.24, 2.45) is 0 Å². The monoisotopic (exact) mass is 495 g/mol. The van der Waals surface area contributed by atoms with Crippen molar-refractivity contribution in [1.82, 2.24) is 18.9 Å². The van der Waals surface area contributed by atoms with Crippen molar-refractivity contribution in [2.75, 3.05) is 24.7 Å². The molecule has 1 saturated heterocycles. The maximum Gasteiger partial charge on any atom is 0.241 e. The first kappa shape index (κ1) is 23.3. The van der Waals surface area contributed by atoms with Crippen LogP contribution in [0, 0.1) is 34.9 Å². The standard InChI is InChI=1S/C18H15F6N5O3S/c1-33(31,32)28-3-2-8(11(30)6-28)26-18-25-5-10-7(19)4-9(29(10)27-18)12-13(20)15(22)17(24)16(23)14(12)21/h4-5,8,11,30H,2-3,6H2,1H3,(H,26,27)/t8-,11-/m1/s1. The van der Waals surface area contributed by atoms with Gasteiger partial charge in [0.2, 0.25) is 21.8 Å². The average Bonchev–Trinajstić information content (AvgIpc) is 3.07. The Kier molecular flexibility index (Phi) is 5.74. The molecule has 1 aliphatic heterocycles. The molecule has 3 aromatic rings. The van der Waals surface area contributed by atoms with Gasteiger partial charge < -0.3 is 10.4 Å². The topological polar surface area (TPSA) is 99.8 Å². The average molecular weight is 495 g/mol. The Bertz CT molecular complexity index is 1340. The van der Waals surface area contributed by atoms with Crippen molar-refractivity contribution in [3.63, 3.8) is 0 Å². The third-order valence-electron chi connectivity index (χ3n) is 5.26. The number of hydrogen-bond donors (Lipinski definition) is 2. The molecule has 1 aromatic carbocycles. The Labute approximate surface area is 182 Å². The normalized spacial score (nSPS) is 19.9. The summed E-state index contributed by atoms with van der Waals surface area (Å²) in [4.78, 5) is 3.84. The molecule has 33 heavy (non-hydrogen) atoms. The highest BCUT2D eigenvalue weighted by molar-refractivity contribution is 7.88. The van der Waals surface area contributed by atoms with Gasteiger partial charge in [0.25, 0.3) is 0 Å². The fourth-order valence-electron chi connectivity index (χ4n) is 3.56. The number of aliphatic hydroxyl groups is 1. The minimum atomic E-state index is -3.53. The number of nitrogens with zero attached hydrogens (tertiary/aromatic N) is 4. The number of nitrogens with one attached hydrogen (secondary N) is 1. The van der Waals surface area contributed by atoms with E-state index in [1.165, 1.54) is 0 Å². The molecule has 0 unspecified atom stereocenters. The second-order valence-electron chi connectivity index (χ2n) is 7.43. The molecule has 0 saturated carbocycles. The summed E-state index contributed by atoms with van der Waals surface area (Å²) in [5.74, 6) is -12.4. The van der Waals surface area contributed by atoms with Gasteiger partial charge >= 0.3 is 0 Å². The van der Waals surface area contributed by atoms with E-state index in [9.17, 15) is 39.9 Å². The van der Waals surface area contributed by atoms with E-state index in [2.05, 4.69) is 15.4 Å². The van der Waals surface area contributed by atoms with Crippen LogP contribution in [-0.4, -0.2) is 63.9 Å². The minimum Gasteiger partial charge on any atom is -0.390 e. The highest BCUT2D eigenvalue weighted by atomic mass is 32.2. The molecule has 0 radical (unpaired) electrons. The van der Waals surface area contributed by atoms with E-state index in [-0.39, 0.29) is 25.5 Å². The predicted octanol–water partition coefficient (Wildman–Crippen LogP) is 2.04. The molecular weight excluding hydrogens is 480 g/mol. The molecule has 3 heterocycles. The summed E-state index contributed by atoms with van der Waals surface area (Å²) >= 11 is 0. The van der Waals surface area contributed by atoms with Crippen LogP contribution in [0.25, 0.3) is 16.8 Å². The Morgan fingerprint density at radius 1 is 1.06 bits per heavy atom. The van der Waals surface area contributed by atoms with E-state index in [0.717, 1.165) is 16.8 Å². The van der Waals surface area contributed by atoms with E-state index in [4.69, 9.17) is 0 Å². The lowest BCUT2D eigenvalue weighted by Gasteiger charge is -2.34. The second-order valence-corrected chi connectivity index (χ2v) is 9.41. The molecule has 8 nitrogen and oxygen atoms in total. The molecule has 2 N–H and O–H groups in total. The molecule has 2 atom stereocenters. The van der Waals surface area contributed by atoms with Gasteiger partial charge in [-0.15, -0.1) is 5.10 Å². The smallest absolute Gasteiger partial charge is 0.241 e. The van der Waals surface area contributed by atoms with Gasteiger partial charge in [-0.3, -0.25) is 0 Å². The predicted molar refractivity (Wildman–Crippen MR) is 103 cm³/mol. The quantitative estimate of drug-likeness (QED) is 0.327. The van der Waals surface area contributed by atoms with Gasteiger partial charge in [-0.2, -0.15) is 4.31 Å². The zero-order chi connectivity index (χ0) is 24.2. The fourth-order valence-corrected chi connectivity index (χ4v) is 4.43. The van der Waals surface area contributed by atoms with Crippen molar-refractivity contribution in [3.8, 4) is 11.3 Å². The first-order chi connectivity index (χ1) is 15.4. The Balaban J connectivity index is 1.73. The molecule has 0 aliphatic carbocycles. The van der Waals surface area contributed by atoms with Gasteiger partial charge in [0.1, 0.15) is 5.52 Å². The molecule has 1 aliphatic rings. The molecule has 0 amide bonds. The maximum atomic E-state index is 14.3. The summed E-state index contributed by atoms with van der Waals surface area (Å²) < 4.78 is 109. The first-order valence-electron chi connectivity index (χ1n) is 9.36. The number of benzene rings is 1. The Hall–Kier alpha value is -2.91. The molecule has 1 fully saturated rings. The number of β-amino-alcohol motifs (C(OH)–C–C–N with tert-alkyl or cyclic N) is 1. The number of aliphatic hydroxyl groups excluding tert-OH is 1. The highest BCUT2D eigenvalue weighted by Crippen LogP contribution is 2.33. The van der Waals surface area contributed by atoms with E-state index in [1.807, 2.05) is 0 Å². The molecule has 178 valence electrons. The summed E-state index contributed by atoms with van der Waals surface area (Å²) in [7, 11) is -3.53. The fraction of sp³-hybridized carbons (Fsp3) is 0.333.